The minimum Gasteiger partial charge on any atom is -0.508 e. The number of phenols is 1. The standard InChI is InChI=1S/C13H18N2O/c1-3-15-11(6-7-14-2)8-10-4-5-12(16)9-13(10)15/h4-5,8-9,14,16H,3,6-7H2,1-2H3. The van der Waals surface area contributed by atoms with Gasteiger partial charge in [-0.2, -0.15) is 0 Å². The van der Waals surface area contributed by atoms with Crippen LogP contribution in [-0.2, 0) is 13.0 Å². The topological polar surface area (TPSA) is 37.2 Å². The predicted molar refractivity (Wildman–Crippen MR) is 66.9 cm³/mol. The monoisotopic (exact) mass is 218 g/mol. The maximum absolute atomic E-state index is 9.51. The Labute approximate surface area is 95.7 Å². The van der Waals surface area contributed by atoms with E-state index < -0.39 is 0 Å². The summed E-state index contributed by atoms with van der Waals surface area (Å²) in [4.78, 5) is 0. The number of phenolic OH excluding ortho intramolecular Hbond substituents is 1. The molecule has 0 spiro atoms. The summed E-state index contributed by atoms with van der Waals surface area (Å²) in [5.41, 5.74) is 2.44. The van der Waals surface area contributed by atoms with Gasteiger partial charge in [0.2, 0.25) is 0 Å². The Morgan fingerprint density at radius 2 is 2.12 bits per heavy atom. The van der Waals surface area contributed by atoms with Crippen LogP contribution in [-0.4, -0.2) is 23.3 Å². The summed E-state index contributed by atoms with van der Waals surface area (Å²) in [7, 11) is 1.96. The number of benzene rings is 1. The third-order valence-corrected chi connectivity index (χ3v) is 2.92. The van der Waals surface area contributed by atoms with Crippen LogP contribution in [0.3, 0.4) is 0 Å². The average molecular weight is 218 g/mol. The first kappa shape index (κ1) is 11.0. The zero-order chi connectivity index (χ0) is 11.5. The van der Waals surface area contributed by atoms with Crippen LogP contribution in [0.4, 0.5) is 0 Å². The molecule has 2 N–H and O–H groups in total. The molecule has 0 atom stereocenters. The molecule has 0 aliphatic heterocycles. The highest BCUT2D eigenvalue weighted by molar-refractivity contribution is 5.82. The lowest BCUT2D eigenvalue weighted by atomic mass is 10.2. The van der Waals surface area contributed by atoms with Crippen molar-refractivity contribution in [1.82, 2.24) is 9.88 Å². The predicted octanol–water partition coefficient (Wildman–Crippen LogP) is 2.13. The molecule has 0 aliphatic rings. The number of nitrogens with zero attached hydrogens (tertiary/aromatic N) is 1. The van der Waals surface area contributed by atoms with Crippen molar-refractivity contribution in [1.29, 1.82) is 0 Å². The van der Waals surface area contributed by atoms with Gasteiger partial charge in [0.15, 0.2) is 0 Å². The van der Waals surface area contributed by atoms with Gasteiger partial charge in [-0.05, 0) is 32.2 Å². The number of aromatic nitrogens is 1. The number of fused-ring (bicyclic) bond motifs is 1. The molecule has 1 aromatic carbocycles. The second-order valence-corrected chi connectivity index (χ2v) is 3.98. The van der Waals surface area contributed by atoms with Crippen LogP contribution < -0.4 is 5.32 Å². The van der Waals surface area contributed by atoms with Gasteiger partial charge in [-0.1, -0.05) is 0 Å². The van der Waals surface area contributed by atoms with Gasteiger partial charge >= 0.3 is 0 Å². The molecule has 3 nitrogen and oxygen atoms in total. The lowest BCUT2D eigenvalue weighted by molar-refractivity contribution is 0.476. The second kappa shape index (κ2) is 4.58. The molecule has 0 bridgehead atoms. The van der Waals surface area contributed by atoms with E-state index in [9.17, 15) is 5.11 Å². The van der Waals surface area contributed by atoms with Crippen LogP contribution in [0.25, 0.3) is 10.9 Å². The molecule has 0 fully saturated rings. The summed E-state index contributed by atoms with van der Waals surface area (Å²) in [6.45, 7) is 4.04. The highest BCUT2D eigenvalue weighted by Crippen LogP contribution is 2.24. The summed E-state index contributed by atoms with van der Waals surface area (Å²) < 4.78 is 2.26. The molecule has 0 unspecified atom stereocenters. The Morgan fingerprint density at radius 1 is 1.31 bits per heavy atom. The van der Waals surface area contributed by atoms with Crippen LogP contribution >= 0.6 is 0 Å². The van der Waals surface area contributed by atoms with Gasteiger partial charge in [0.25, 0.3) is 0 Å². The third-order valence-electron chi connectivity index (χ3n) is 2.92. The SMILES string of the molecule is CCn1c(CCNC)cc2ccc(O)cc21. The lowest BCUT2D eigenvalue weighted by Gasteiger charge is -2.07. The van der Waals surface area contributed by atoms with Gasteiger partial charge in [0.1, 0.15) is 5.75 Å². The van der Waals surface area contributed by atoms with Crippen LogP contribution in [0.1, 0.15) is 12.6 Å². The van der Waals surface area contributed by atoms with Crippen LogP contribution in [0.2, 0.25) is 0 Å². The van der Waals surface area contributed by atoms with E-state index in [1.165, 1.54) is 11.1 Å². The van der Waals surface area contributed by atoms with Gasteiger partial charge in [0, 0.05) is 36.7 Å². The average Bonchev–Trinajstić information content (AvgIpc) is 2.63. The van der Waals surface area contributed by atoms with Crippen molar-refractivity contribution in [3.05, 3.63) is 30.0 Å². The Morgan fingerprint density at radius 3 is 2.81 bits per heavy atom. The molecule has 2 rings (SSSR count). The highest BCUT2D eigenvalue weighted by atomic mass is 16.3. The molecular formula is C13H18N2O. The van der Waals surface area contributed by atoms with E-state index in [0.717, 1.165) is 25.0 Å². The van der Waals surface area contributed by atoms with Gasteiger partial charge in [-0.25, -0.2) is 0 Å². The zero-order valence-corrected chi connectivity index (χ0v) is 9.83. The normalized spacial score (nSPS) is 11.1. The second-order valence-electron chi connectivity index (χ2n) is 3.98. The quantitative estimate of drug-likeness (QED) is 0.825. The molecule has 0 aliphatic carbocycles. The van der Waals surface area contributed by atoms with Crippen LogP contribution in [0, 0.1) is 0 Å². The molecule has 2 aromatic rings. The van der Waals surface area contributed by atoms with Crippen molar-refractivity contribution in [3.63, 3.8) is 0 Å². The van der Waals surface area contributed by atoms with E-state index in [0.29, 0.717) is 5.75 Å². The first-order valence-corrected chi connectivity index (χ1v) is 5.72. The molecule has 1 heterocycles. The first-order valence-electron chi connectivity index (χ1n) is 5.72. The molecule has 0 saturated carbocycles. The number of rotatable bonds is 4. The molecular weight excluding hydrogens is 200 g/mol. The minimum absolute atomic E-state index is 0.334. The summed E-state index contributed by atoms with van der Waals surface area (Å²) in [5.74, 6) is 0.334. The Hall–Kier alpha value is -1.48. The lowest BCUT2D eigenvalue weighted by Crippen LogP contribution is -2.12. The van der Waals surface area contributed by atoms with Crippen molar-refractivity contribution in [2.45, 2.75) is 19.9 Å². The number of hydrogen-bond donors (Lipinski definition) is 2. The zero-order valence-electron chi connectivity index (χ0n) is 9.83. The molecule has 16 heavy (non-hydrogen) atoms. The fourth-order valence-corrected chi connectivity index (χ4v) is 2.13. The smallest absolute Gasteiger partial charge is 0.117 e. The minimum atomic E-state index is 0.334. The number of nitrogens with one attached hydrogen (secondary N) is 1. The molecule has 86 valence electrons. The molecule has 0 saturated heterocycles. The van der Waals surface area contributed by atoms with Gasteiger partial charge in [-0.3, -0.25) is 0 Å². The van der Waals surface area contributed by atoms with Crippen molar-refractivity contribution >= 4 is 10.9 Å². The Bertz CT molecular complexity index is 488. The van der Waals surface area contributed by atoms with Crippen molar-refractivity contribution in [2.75, 3.05) is 13.6 Å². The van der Waals surface area contributed by atoms with Crippen LogP contribution in [0.5, 0.6) is 5.75 Å². The van der Waals surface area contributed by atoms with E-state index in [2.05, 4.69) is 22.9 Å². The number of aryl methyl sites for hydroxylation is 1. The Kier molecular flexibility index (Phi) is 3.15. The fourth-order valence-electron chi connectivity index (χ4n) is 2.13. The van der Waals surface area contributed by atoms with E-state index in [1.54, 1.807) is 6.07 Å². The van der Waals surface area contributed by atoms with Crippen LogP contribution in [0.15, 0.2) is 24.3 Å². The molecule has 1 aromatic heterocycles. The maximum atomic E-state index is 9.51. The van der Waals surface area contributed by atoms with E-state index in [4.69, 9.17) is 0 Å². The summed E-state index contributed by atoms with van der Waals surface area (Å²) >= 11 is 0. The molecule has 0 amide bonds. The Balaban J connectivity index is 2.49. The first-order chi connectivity index (χ1) is 7.76. The van der Waals surface area contributed by atoms with Crippen molar-refractivity contribution < 1.29 is 5.11 Å². The van der Waals surface area contributed by atoms with Crippen molar-refractivity contribution in [2.24, 2.45) is 0 Å². The number of likely N-dealkylation sites (N-methyl/N-ethyl adjacent to an activating group) is 1. The molecule has 3 heteroatoms. The summed E-state index contributed by atoms with van der Waals surface area (Å²) in [6.07, 6.45) is 1.01. The molecule has 0 radical (unpaired) electrons. The van der Waals surface area contributed by atoms with E-state index in [1.807, 2.05) is 19.2 Å². The van der Waals surface area contributed by atoms with Gasteiger partial charge < -0.3 is 15.0 Å². The highest BCUT2D eigenvalue weighted by Gasteiger charge is 2.07. The number of hydrogen-bond acceptors (Lipinski definition) is 2. The number of aromatic hydroxyl groups is 1. The van der Waals surface area contributed by atoms with Gasteiger partial charge in [0.05, 0.1) is 5.52 Å². The fraction of sp³-hybridized carbons (Fsp3) is 0.385. The van der Waals surface area contributed by atoms with E-state index in [-0.39, 0.29) is 0 Å². The third kappa shape index (κ3) is 1.91. The van der Waals surface area contributed by atoms with Gasteiger partial charge in [-0.15, -0.1) is 0 Å². The largest absolute Gasteiger partial charge is 0.508 e. The summed E-state index contributed by atoms with van der Waals surface area (Å²) in [6, 6.07) is 7.75. The maximum Gasteiger partial charge on any atom is 0.117 e. The van der Waals surface area contributed by atoms with Crippen molar-refractivity contribution in [3.8, 4) is 5.75 Å². The van der Waals surface area contributed by atoms with E-state index >= 15 is 0 Å². The summed E-state index contributed by atoms with van der Waals surface area (Å²) in [5, 5.41) is 13.9.